The van der Waals surface area contributed by atoms with E-state index in [9.17, 15) is 19.8 Å². The number of benzene rings is 3. The van der Waals surface area contributed by atoms with E-state index in [0.29, 0.717) is 18.1 Å². The van der Waals surface area contributed by atoms with Crippen LogP contribution in [0.15, 0.2) is 96.3 Å². The van der Waals surface area contributed by atoms with E-state index in [-0.39, 0.29) is 30.9 Å². The molecule has 1 aliphatic heterocycles. The Bertz CT molecular complexity index is 2020. The minimum Gasteiger partial charge on any atom is -0.497 e. The highest BCUT2D eigenvalue weighted by molar-refractivity contribution is 6.76. The molecule has 0 saturated carbocycles. The summed E-state index contributed by atoms with van der Waals surface area (Å²) in [6.07, 6.45) is -2.71. The van der Waals surface area contributed by atoms with Gasteiger partial charge in [-0.05, 0) is 47.0 Å². The fraction of sp³-hybridized carbons (Fsp3) is 0.385. The smallest absolute Gasteiger partial charge is 0.407 e. The van der Waals surface area contributed by atoms with Gasteiger partial charge in [-0.1, -0.05) is 74.2 Å². The summed E-state index contributed by atoms with van der Waals surface area (Å²) >= 11 is 0. The van der Waals surface area contributed by atoms with Crippen molar-refractivity contribution in [3.63, 3.8) is 0 Å². The number of alkyl carbamates (subject to hydrolysis) is 1. The normalized spacial score (nSPS) is 18.8. The van der Waals surface area contributed by atoms with Crippen LogP contribution in [0.3, 0.4) is 0 Å². The molecule has 15 heteroatoms. The SMILES string of the molecule is COc1ccc(C(OC[C@H]2O[C@@H](n3cnc4c(=O)n(CCNC(=O)OCC[Si](C)(C)C)cnc43)[C@H](O)[C@@H]2O)(c2ccccc2)c2ccc(OC)cc2)cc1. The summed E-state index contributed by atoms with van der Waals surface area (Å²) in [4.78, 5) is 34.2. The number of nitrogens with one attached hydrogen (secondary N) is 1. The highest BCUT2D eigenvalue weighted by Crippen LogP contribution is 2.43. The minimum atomic E-state index is -1.40. The lowest BCUT2D eigenvalue weighted by Gasteiger charge is -2.37. The van der Waals surface area contributed by atoms with Gasteiger partial charge in [0, 0.05) is 21.2 Å². The first-order chi connectivity index (χ1) is 25.9. The standard InChI is InChI=1S/C39H47N5O9Si/c1-49-29-15-11-27(12-16-29)39(26-9-7-6-8-10-26,28-13-17-30(50-2)18-14-28)52-23-31-33(45)34(46)37(53-31)44-25-41-32-35(44)42-24-43(36(32)47)20-19-40-38(48)51-21-22-54(3,4)5/h6-18,24-25,31,33-34,37,45-46H,19-23H2,1-5H3,(H,40,48)/t31-,33-,34-,37-/m1/s1. The Hall–Kier alpha value is -5.06. The molecule has 2 aromatic heterocycles. The highest BCUT2D eigenvalue weighted by Gasteiger charge is 2.47. The number of rotatable bonds is 15. The van der Waals surface area contributed by atoms with Gasteiger partial charge in [-0.15, -0.1) is 0 Å². The average molecular weight is 758 g/mol. The summed E-state index contributed by atoms with van der Waals surface area (Å²) < 4.78 is 32.1. The number of amides is 1. The first-order valence-electron chi connectivity index (χ1n) is 17.8. The summed E-state index contributed by atoms with van der Waals surface area (Å²) in [6.45, 7) is 7.10. The summed E-state index contributed by atoms with van der Waals surface area (Å²) in [5, 5.41) is 25.3. The molecule has 0 bridgehead atoms. The van der Waals surface area contributed by atoms with E-state index >= 15 is 0 Å². The quantitative estimate of drug-likeness (QED) is 0.103. The van der Waals surface area contributed by atoms with Crippen LogP contribution >= 0.6 is 0 Å². The maximum Gasteiger partial charge on any atom is 0.407 e. The van der Waals surface area contributed by atoms with Crippen molar-refractivity contribution in [1.29, 1.82) is 0 Å². The second-order valence-corrected chi connectivity index (χ2v) is 19.9. The third kappa shape index (κ3) is 8.20. The zero-order valence-corrected chi connectivity index (χ0v) is 32.0. The number of aromatic nitrogens is 4. The number of fused-ring (bicyclic) bond motifs is 1. The van der Waals surface area contributed by atoms with Crippen molar-refractivity contribution >= 4 is 25.3 Å². The van der Waals surface area contributed by atoms with Gasteiger partial charge >= 0.3 is 6.09 Å². The van der Waals surface area contributed by atoms with Crippen molar-refractivity contribution in [2.24, 2.45) is 0 Å². The fourth-order valence-electron chi connectivity index (χ4n) is 6.45. The van der Waals surface area contributed by atoms with Crippen LogP contribution in [0.1, 0.15) is 22.9 Å². The Morgan fingerprint density at radius 1 is 0.870 bits per heavy atom. The lowest BCUT2D eigenvalue weighted by molar-refractivity contribution is -0.0942. The third-order valence-corrected chi connectivity index (χ3v) is 11.2. The highest BCUT2D eigenvalue weighted by atomic mass is 28.3. The molecular weight excluding hydrogens is 711 g/mol. The number of carbonyl (C=O) groups is 1. The van der Waals surface area contributed by atoms with Gasteiger partial charge in [0.1, 0.15) is 41.7 Å². The zero-order chi connectivity index (χ0) is 38.5. The molecule has 54 heavy (non-hydrogen) atoms. The molecule has 1 aliphatic rings. The Balaban J connectivity index is 1.22. The molecule has 5 aromatic rings. The van der Waals surface area contributed by atoms with E-state index in [2.05, 4.69) is 34.9 Å². The molecule has 1 saturated heterocycles. The first kappa shape index (κ1) is 38.7. The molecule has 6 rings (SSSR count). The van der Waals surface area contributed by atoms with Gasteiger partial charge in [0.15, 0.2) is 17.4 Å². The summed E-state index contributed by atoms with van der Waals surface area (Å²) in [6, 6.07) is 25.7. The van der Waals surface area contributed by atoms with Gasteiger partial charge in [0.25, 0.3) is 5.56 Å². The number of ether oxygens (including phenoxy) is 5. The van der Waals surface area contributed by atoms with Gasteiger partial charge < -0.3 is 39.2 Å². The van der Waals surface area contributed by atoms with E-state index in [0.717, 1.165) is 22.7 Å². The van der Waals surface area contributed by atoms with Gasteiger partial charge in [-0.25, -0.2) is 14.8 Å². The van der Waals surface area contributed by atoms with Gasteiger partial charge in [0.2, 0.25) is 0 Å². The molecule has 286 valence electrons. The molecule has 3 heterocycles. The van der Waals surface area contributed by atoms with Gasteiger partial charge in [0.05, 0.1) is 33.8 Å². The number of aliphatic hydroxyl groups excluding tert-OH is 2. The van der Waals surface area contributed by atoms with Crippen molar-refractivity contribution in [2.45, 2.75) is 62.4 Å². The van der Waals surface area contributed by atoms with E-state index in [4.69, 9.17) is 23.7 Å². The Morgan fingerprint density at radius 3 is 2.07 bits per heavy atom. The Kier molecular flexibility index (Phi) is 11.8. The van der Waals surface area contributed by atoms with Crippen molar-refractivity contribution in [3.8, 4) is 11.5 Å². The zero-order valence-electron chi connectivity index (χ0n) is 31.0. The van der Waals surface area contributed by atoms with Crippen LogP contribution in [0.2, 0.25) is 25.7 Å². The number of nitrogens with zero attached hydrogens (tertiary/aromatic N) is 4. The fourth-order valence-corrected chi connectivity index (χ4v) is 7.16. The van der Waals surface area contributed by atoms with Crippen LogP contribution in [-0.2, 0) is 26.4 Å². The largest absolute Gasteiger partial charge is 0.497 e. The molecule has 1 amide bonds. The Morgan fingerprint density at radius 2 is 1.48 bits per heavy atom. The van der Waals surface area contributed by atoms with Crippen LogP contribution in [0.5, 0.6) is 11.5 Å². The topological polar surface area (TPSA) is 168 Å². The summed E-state index contributed by atoms with van der Waals surface area (Å²) in [5.41, 5.74) is 0.997. The molecular formula is C39H47N5O9Si. The average Bonchev–Trinajstić information content (AvgIpc) is 3.73. The summed E-state index contributed by atoms with van der Waals surface area (Å²) in [7, 11) is 1.86. The first-order valence-corrected chi connectivity index (χ1v) is 21.5. The van der Waals surface area contributed by atoms with Crippen LogP contribution < -0.4 is 20.3 Å². The number of aliphatic hydroxyl groups is 2. The number of hydrogen-bond acceptors (Lipinski definition) is 11. The van der Waals surface area contributed by atoms with Crippen molar-refractivity contribution < 1.29 is 38.7 Å². The van der Waals surface area contributed by atoms with Gasteiger partial charge in [-0.3, -0.25) is 13.9 Å². The molecule has 1 fully saturated rings. The van der Waals surface area contributed by atoms with E-state index in [1.54, 1.807) is 14.2 Å². The number of carbonyl (C=O) groups excluding carboxylic acids is 1. The third-order valence-electron chi connectivity index (χ3n) is 9.51. The summed E-state index contributed by atoms with van der Waals surface area (Å²) in [5.74, 6) is 1.35. The second-order valence-electron chi connectivity index (χ2n) is 14.3. The maximum absolute atomic E-state index is 13.3. The van der Waals surface area contributed by atoms with Crippen molar-refractivity contribution in [1.82, 2.24) is 24.4 Å². The number of methoxy groups -OCH3 is 2. The minimum absolute atomic E-state index is 0.0438. The van der Waals surface area contributed by atoms with Crippen molar-refractivity contribution in [3.05, 3.63) is 119 Å². The monoisotopic (exact) mass is 757 g/mol. The van der Waals surface area contributed by atoms with Crippen LogP contribution in [0.4, 0.5) is 4.79 Å². The number of hydrogen-bond donors (Lipinski definition) is 3. The van der Waals surface area contributed by atoms with E-state index in [1.807, 2.05) is 78.9 Å². The predicted octanol–water partition coefficient (Wildman–Crippen LogP) is 4.30. The van der Waals surface area contributed by atoms with E-state index < -0.39 is 49.9 Å². The van der Waals surface area contributed by atoms with Gasteiger partial charge in [-0.2, -0.15) is 0 Å². The van der Waals surface area contributed by atoms with Crippen LogP contribution in [-0.4, -0.2) is 95.8 Å². The molecule has 0 aliphatic carbocycles. The molecule has 0 radical (unpaired) electrons. The molecule has 0 unspecified atom stereocenters. The molecule has 0 spiro atoms. The van der Waals surface area contributed by atoms with Crippen molar-refractivity contribution in [2.75, 3.05) is 34.0 Å². The maximum atomic E-state index is 13.3. The van der Waals surface area contributed by atoms with E-state index in [1.165, 1.54) is 21.8 Å². The lowest BCUT2D eigenvalue weighted by atomic mass is 9.80. The number of imidazole rings is 1. The molecule has 14 nitrogen and oxygen atoms in total. The molecule has 4 atom stereocenters. The van der Waals surface area contributed by atoms with Crippen LogP contribution in [0.25, 0.3) is 11.2 Å². The lowest BCUT2D eigenvalue weighted by Crippen LogP contribution is -2.39. The molecule has 3 N–H and O–H groups in total. The second kappa shape index (κ2) is 16.5. The predicted molar refractivity (Wildman–Crippen MR) is 203 cm³/mol. The molecule has 3 aromatic carbocycles. The Labute approximate surface area is 314 Å². The van der Waals surface area contributed by atoms with Crippen LogP contribution in [0, 0.1) is 0 Å².